The summed E-state index contributed by atoms with van der Waals surface area (Å²) in [6, 6.07) is 2.35. The van der Waals surface area contributed by atoms with Gasteiger partial charge in [0.2, 0.25) is 5.91 Å². The molecule has 1 saturated carbocycles. The van der Waals surface area contributed by atoms with Gasteiger partial charge in [-0.2, -0.15) is 5.26 Å². The number of carbonyl (C=O) groups excluding carboxylic acids is 1. The third kappa shape index (κ3) is 2.14. The van der Waals surface area contributed by atoms with Crippen LogP contribution >= 0.6 is 0 Å². The molecular formula is C15H25N3O. The van der Waals surface area contributed by atoms with E-state index in [1.165, 1.54) is 0 Å². The number of amides is 1. The number of rotatable bonds is 2. The van der Waals surface area contributed by atoms with Crippen molar-refractivity contribution < 1.29 is 4.79 Å². The second-order valence-electron chi connectivity index (χ2n) is 7.36. The van der Waals surface area contributed by atoms with Crippen LogP contribution in [0.5, 0.6) is 0 Å². The molecule has 19 heavy (non-hydrogen) atoms. The van der Waals surface area contributed by atoms with Crippen molar-refractivity contribution in [2.45, 2.75) is 46.1 Å². The first-order valence-electron chi connectivity index (χ1n) is 7.08. The number of nitrogens with one attached hydrogen (secondary N) is 1. The highest BCUT2D eigenvalue weighted by molar-refractivity contribution is 5.85. The molecule has 0 radical (unpaired) electrons. The molecular weight excluding hydrogens is 238 g/mol. The van der Waals surface area contributed by atoms with Crippen molar-refractivity contribution in [3.8, 4) is 6.07 Å². The first-order valence-corrected chi connectivity index (χ1v) is 7.08. The number of hydrogen-bond donors (Lipinski definition) is 1. The van der Waals surface area contributed by atoms with Gasteiger partial charge in [-0.05, 0) is 30.7 Å². The predicted molar refractivity (Wildman–Crippen MR) is 74.3 cm³/mol. The normalized spacial score (nSPS) is 28.4. The average Bonchev–Trinajstić information content (AvgIpc) is 2.73. The Morgan fingerprint density at radius 1 is 1.21 bits per heavy atom. The molecule has 0 aromatic carbocycles. The van der Waals surface area contributed by atoms with Crippen LogP contribution in [0.25, 0.3) is 0 Å². The van der Waals surface area contributed by atoms with E-state index in [9.17, 15) is 10.1 Å². The summed E-state index contributed by atoms with van der Waals surface area (Å²) in [6.45, 7) is 10.3. The van der Waals surface area contributed by atoms with Crippen LogP contribution in [0.15, 0.2) is 0 Å². The van der Waals surface area contributed by atoms with Gasteiger partial charge in [0, 0.05) is 19.0 Å². The molecule has 0 atom stereocenters. The van der Waals surface area contributed by atoms with E-state index in [1.807, 2.05) is 0 Å². The molecule has 1 saturated heterocycles. The van der Waals surface area contributed by atoms with Gasteiger partial charge in [-0.15, -0.1) is 0 Å². The van der Waals surface area contributed by atoms with Crippen LogP contribution in [-0.2, 0) is 4.79 Å². The Bertz CT molecular complexity index is 411. The summed E-state index contributed by atoms with van der Waals surface area (Å²) in [4.78, 5) is 14.7. The zero-order chi connectivity index (χ0) is 14.5. The monoisotopic (exact) mass is 263 g/mol. The molecule has 1 amide bonds. The van der Waals surface area contributed by atoms with Gasteiger partial charge < -0.3 is 10.2 Å². The van der Waals surface area contributed by atoms with E-state index >= 15 is 0 Å². The summed E-state index contributed by atoms with van der Waals surface area (Å²) in [7, 11) is 2.05. The molecule has 0 unspecified atom stereocenters. The first kappa shape index (κ1) is 14.3. The largest absolute Gasteiger partial charge is 0.337 e. The second kappa shape index (κ2) is 4.21. The Kier molecular flexibility index (Phi) is 3.17. The van der Waals surface area contributed by atoms with E-state index < -0.39 is 5.54 Å². The SMILES string of the molecule is CN1CCC(C#N)(NC(=O)C2C(C)(C)C2(C)C)CC1. The maximum absolute atomic E-state index is 12.5. The summed E-state index contributed by atoms with van der Waals surface area (Å²) >= 11 is 0. The molecule has 1 aliphatic carbocycles. The summed E-state index contributed by atoms with van der Waals surface area (Å²) in [5.74, 6) is 0.0750. The number of piperidine rings is 1. The molecule has 106 valence electrons. The van der Waals surface area contributed by atoms with Crippen molar-refractivity contribution >= 4 is 5.91 Å². The Labute approximate surface area is 116 Å². The van der Waals surface area contributed by atoms with Gasteiger partial charge in [-0.3, -0.25) is 4.79 Å². The minimum atomic E-state index is -0.654. The quantitative estimate of drug-likeness (QED) is 0.826. The lowest BCUT2D eigenvalue weighted by molar-refractivity contribution is -0.125. The fraction of sp³-hybridized carbons (Fsp3) is 0.867. The minimum Gasteiger partial charge on any atom is -0.337 e. The zero-order valence-electron chi connectivity index (χ0n) is 12.7. The van der Waals surface area contributed by atoms with Crippen molar-refractivity contribution in [1.82, 2.24) is 10.2 Å². The fourth-order valence-electron chi connectivity index (χ4n) is 3.42. The second-order valence-corrected chi connectivity index (χ2v) is 7.36. The van der Waals surface area contributed by atoms with Crippen LogP contribution in [0, 0.1) is 28.1 Å². The van der Waals surface area contributed by atoms with Crippen molar-refractivity contribution in [3.05, 3.63) is 0 Å². The molecule has 0 aromatic heterocycles. The molecule has 1 heterocycles. The standard InChI is InChI=1S/C15H25N3O/c1-13(2)11(14(13,3)4)12(19)17-15(10-16)6-8-18(5)9-7-15/h11H,6-9H2,1-5H3,(H,17,19). The number of hydrogen-bond acceptors (Lipinski definition) is 3. The zero-order valence-corrected chi connectivity index (χ0v) is 12.7. The average molecular weight is 263 g/mol. The van der Waals surface area contributed by atoms with Gasteiger partial charge in [-0.1, -0.05) is 27.7 Å². The van der Waals surface area contributed by atoms with Gasteiger partial charge in [-0.25, -0.2) is 0 Å². The van der Waals surface area contributed by atoms with Gasteiger partial charge in [0.15, 0.2) is 0 Å². The van der Waals surface area contributed by atoms with E-state index in [-0.39, 0.29) is 22.7 Å². The third-order valence-corrected chi connectivity index (χ3v) is 5.70. The summed E-state index contributed by atoms with van der Waals surface area (Å²) in [5.41, 5.74) is -0.600. The molecule has 2 rings (SSSR count). The number of likely N-dealkylation sites (tertiary alicyclic amines) is 1. The summed E-state index contributed by atoms with van der Waals surface area (Å²) < 4.78 is 0. The number of nitriles is 1. The highest BCUT2D eigenvalue weighted by Crippen LogP contribution is 2.68. The Morgan fingerprint density at radius 3 is 2.05 bits per heavy atom. The van der Waals surface area contributed by atoms with Crippen LogP contribution < -0.4 is 5.32 Å². The van der Waals surface area contributed by atoms with E-state index in [0.717, 1.165) is 25.9 Å². The maximum Gasteiger partial charge on any atom is 0.225 e. The fourth-order valence-corrected chi connectivity index (χ4v) is 3.42. The van der Waals surface area contributed by atoms with Gasteiger partial charge in [0.25, 0.3) is 0 Å². The van der Waals surface area contributed by atoms with Gasteiger partial charge in [0.1, 0.15) is 5.54 Å². The van der Waals surface area contributed by atoms with Crippen molar-refractivity contribution in [3.63, 3.8) is 0 Å². The third-order valence-electron chi connectivity index (χ3n) is 5.70. The highest BCUT2D eigenvalue weighted by atomic mass is 16.2. The van der Waals surface area contributed by atoms with Crippen LogP contribution in [-0.4, -0.2) is 36.5 Å². The van der Waals surface area contributed by atoms with Crippen molar-refractivity contribution in [2.24, 2.45) is 16.7 Å². The van der Waals surface area contributed by atoms with Crippen LogP contribution in [0.2, 0.25) is 0 Å². The minimum absolute atomic E-state index is 0.0184. The van der Waals surface area contributed by atoms with Crippen molar-refractivity contribution in [1.29, 1.82) is 5.26 Å². The van der Waals surface area contributed by atoms with E-state index in [2.05, 4.69) is 51.0 Å². The summed E-state index contributed by atoms with van der Waals surface area (Å²) in [5, 5.41) is 12.5. The predicted octanol–water partition coefficient (Wildman–Crippen LogP) is 1.77. The molecule has 4 nitrogen and oxygen atoms in total. The lowest BCUT2D eigenvalue weighted by atomic mass is 9.88. The molecule has 4 heteroatoms. The Balaban J connectivity index is 2.05. The number of carbonyl (C=O) groups is 1. The Hall–Kier alpha value is -1.08. The van der Waals surface area contributed by atoms with Crippen LogP contribution in [0.3, 0.4) is 0 Å². The van der Waals surface area contributed by atoms with Gasteiger partial charge >= 0.3 is 0 Å². The van der Waals surface area contributed by atoms with Crippen molar-refractivity contribution in [2.75, 3.05) is 20.1 Å². The maximum atomic E-state index is 12.5. The molecule has 2 fully saturated rings. The summed E-state index contributed by atoms with van der Waals surface area (Å²) in [6.07, 6.45) is 1.44. The van der Waals surface area contributed by atoms with Gasteiger partial charge in [0.05, 0.1) is 6.07 Å². The van der Waals surface area contributed by atoms with E-state index in [0.29, 0.717) is 0 Å². The molecule has 1 N–H and O–H groups in total. The lowest BCUT2D eigenvalue weighted by Crippen LogP contribution is -2.54. The van der Waals surface area contributed by atoms with Crippen LogP contribution in [0.4, 0.5) is 0 Å². The Morgan fingerprint density at radius 2 is 1.68 bits per heavy atom. The van der Waals surface area contributed by atoms with Crippen LogP contribution in [0.1, 0.15) is 40.5 Å². The van der Waals surface area contributed by atoms with E-state index in [1.54, 1.807) is 0 Å². The molecule has 1 aliphatic heterocycles. The number of nitrogens with zero attached hydrogens (tertiary/aromatic N) is 2. The molecule has 0 aromatic rings. The first-order chi connectivity index (χ1) is 8.66. The lowest BCUT2D eigenvalue weighted by Gasteiger charge is -2.36. The molecule has 0 spiro atoms. The molecule has 0 bridgehead atoms. The highest BCUT2D eigenvalue weighted by Gasteiger charge is 2.68. The smallest absolute Gasteiger partial charge is 0.225 e. The topological polar surface area (TPSA) is 56.1 Å². The van der Waals surface area contributed by atoms with E-state index in [4.69, 9.17) is 0 Å². The molecule has 2 aliphatic rings.